The van der Waals surface area contributed by atoms with Gasteiger partial charge in [-0.1, -0.05) is 140 Å². The third-order valence-corrected chi connectivity index (χ3v) is 11.5. The molecule has 3 aliphatic rings. The summed E-state index contributed by atoms with van der Waals surface area (Å²) >= 11 is 0. The molecule has 0 aliphatic heterocycles. The summed E-state index contributed by atoms with van der Waals surface area (Å²) in [6.07, 6.45) is 15.6. The molecule has 240 valence electrons. The molecule has 0 bridgehead atoms. The van der Waals surface area contributed by atoms with Crippen LogP contribution in [-0.4, -0.2) is 9.13 Å². The predicted molar refractivity (Wildman–Crippen MR) is 212 cm³/mol. The highest BCUT2D eigenvalue weighted by molar-refractivity contribution is 6.09. The van der Waals surface area contributed by atoms with Gasteiger partial charge in [0.25, 0.3) is 0 Å². The molecule has 0 radical (unpaired) electrons. The Labute approximate surface area is 296 Å². The lowest BCUT2D eigenvalue weighted by atomic mass is 9.67. The van der Waals surface area contributed by atoms with Gasteiger partial charge in [-0.3, -0.25) is 0 Å². The topological polar surface area (TPSA) is 9.86 Å². The summed E-state index contributed by atoms with van der Waals surface area (Å²) in [6, 6.07) is 54.3. The first-order chi connectivity index (χ1) is 25.3. The highest BCUT2D eigenvalue weighted by atomic mass is 15.0. The van der Waals surface area contributed by atoms with Crippen LogP contribution in [-0.2, 0) is 11.8 Å². The standard InChI is InChI=1S/C49H34N2/c1-7-19-43-37(13-1)38-14-2-8-20-44(38)49(43,33-25-29-35(30-26-33)50-45-21-9-3-15-39(45)40-16-4-10-22-46(40)50)34-27-31-36(32-28-34)51-47-23-11-5-17-41(47)42-18-6-12-24-48(42)51/h1-11,13-16,18-32H,12,17H2. The lowest BCUT2D eigenvalue weighted by Crippen LogP contribution is -2.29. The number of benzene rings is 6. The lowest BCUT2D eigenvalue weighted by Gasteiger charge is -2.34. The summed E-state index contributed by atoms with van der Waals surface area (Å²) in [5, 5.41) is 5.16. The molecule has 0 amide bonds. The third kappa shape index (κ3) is 3.88. The molecule has 8 aromatic rings. The van der Waals surface area contributed by atoms with Crippen molar-refractivity contribution in [1.82, 2.24) is 9.13 Å². The number of nitrogens with zero attached hydrogens (tertiary/aromatic N) is 2. The fraction of sp³-hybridized carbons (Fsp3) is 0.0612. The van der Waals surface area contributed by atoms with Crippen molar-refractivity contribution in [2.75, 3.05) is 0 Å². The summed E-state index contributed by atoms with van der Waals surface area (Å²) < 4.78 is 4.87. The Morgan fingerprint density at radius 1 is 0.490 bits per heavy atom. The lowest BCUT2D eigenvalue weighted by molar-refractivity contribution is 0.767. The molecule has 0 unspecified atom stereocenters. The van der Waals surface area contributed by atoms with E-state index >= 15 is 0 Å². The fourth-order valence-electron chi connectivity index (χ4n) is 9.39. The van der Waals surface area contributed by atoms with Crippen LogP contribution >= 0.6 is 0 Å². The van der Waals surface area contributed by atoms with E-state index in [-0.39, 0.29) is 0 Å². The number of rotatable bonds is 4. The Morgan fingerprint density at radius 2 is 1.04 bits per heavy atom. The van der Waals surface area contributed by atoms with Gasteiger partial charge in [-0.05, 0) is 94.3 Å². The molecule has 2 aromatic heterocycles. The molecule has 0 atom stereocenters. The zero-order valence-corrected chi connectivity index (χ0v) is 28.1. The second-order valence-electron chi connectivity index (χ2n) is 13.9. The molecule has 0 saturated heterocycles. The zero-order chi connectivity index (χ0) is 33.5. The quantitative estimate of drug-likeness (QED) is 0.179. The first-order valence-corrected chi connectivity index (χ1v) is 18.0. The van der Waals surface area contributed by atoms with E-state index in [0.29, 0.717) is 0 Å². The van der Waals surface area contributed by atoms with E-state index in [9.17, 15) is 0 Å². The minimum Gasteiger partial charge on any atom is -0.310 e. The van der Waals surface area contributed by atoms with Crippen LogP contribution in [0.1, 0.15) is 39.8 Å². The Kier molecular flexibility index (Phi) is 6.03. The van der Waals surface area contributed by atoms with E-state index in [4.69, 9.17) is 0 Å². The monoisotopic (exact) mass is 650 g/mol. The normalized spacial score (nSPS) is 14.8. The second-order valence-corrected chi connectivity index (χ2v) is 13.9. The molecule has 3 aliphatic carbocycles. The van der Waals surface area contributed by atoms with Crippen LogP contribution in [0.5, 0.6) is 0 Å². The van der Waals surface area contributed by atoms with Crippen molar-refractivity contribution in [3.05, 3.63) is 208 Å². The number of hydrogen-bond donors (Lipinski definition) is 0. The van der Waals surface area contributed by atoms with Crippen molar-refractivity contribution < 1.29 is 0 Å². The molecular weight excluding hydrogens is 617 g/mol. The van der Waals surface area contributed by atoms with Gasteiger partial charge in [0.15, 0.2) is 0 Å². The molecule has 0 fully saturated rings. The van der Waals surface area contributed by atoms with Gasteiger partial charge in [-0.2, -0.15) is 0 Å². The Bertz CT molecular complexity index is 2790. The molecule has 2 nitrogen and oxygen atoms in total. The van der Waals surface area contributed by atoms with Crippen molar-refractivity contribution in [3.8, 4) is 22.5 Å². The second kappa shape index (κ2) is 10.8. The van der Waals surface area contributed by atoms with Crippen molar-refractivity contribution in [2.45, 2.75) is 18.3 Å². The number of allylic oxidation sites excluding steroid dienone is 3. The van der Waals surface area contributed by atoms with Crippen molar-refractivity contribution in [3.63, 3.8) is 0 Å². The summed E-state index contributed by atoms with van der Waals surface area (Å²) in [7, 11) is 0. The van der Waals surface area contributed by atoms with Crippen LogP contribution in [0.15, 0.2) is 164 Å². The van der Waals surface area contributed by atoms with Crippen LogP contribution in [0.3, 0.4) is 0 Å². The summed E-state index contributed by atoms with van der Waals surface area (Å²) in [5.41, 5.74) is 14.9. The Balaban J connectivity index is 1.13. The van der Waals surface area contributed by atoms with E-state index in [2.05, 4.69) is 191 Å². The van der Waals surface area contributed by atoms with Crippen LogP contribution in [0.25, 0.3) is 62.5 Å². The van der Waals surface area contributed by atoms with Crippen LogP contribution in [0.2, 0.25) is 0 Å². The van der Waals surface area contributed by atoms with E-state index in [1.807, 2.05) is 0 Å². The summed E-state index contributed by atoms with van der Waals surface area (Å²) in [5.74, 6) is 0. The van der Waals surface area contributed by atoms with Gasteiger partial charge in [0.1, 0.15) is 0 Å². The maximum Gasteiger partial charge on any atom is 0.0713 e. The van der Waals surface area contributed by atoms with Gasteiger partial charge in [0.05, 0.1) is 27.1 Å². The van der Waals surface area contributed by atoms with E-state index in [1.165, 1.54) is 88.4 Å². The SMILES string of the molecule is C1=CCc2c3c(n(-c4ccc(C5(c6ccc(-n7c8ccccc8c8ccccc87)cc6)c6ccccc6-c6ccccc65)cc4)c2=C1)=CCC=C3. The number of fused-ring (bicyclic) bond motifs is 9. The van der Waals surface area contributed by atoms with Gasteiger partial charge in [-0.25, -0.2) is 0 Å². The highest BCUT2D eigenvalue weighted by Crippen LogP contribution is 2.56. The van der Waals surface area contributed by atoms with Crippen LogP contribution in [0, 0.1) is 0 Å². The zero-order valence-electron chi connectivity index (χ0n) is 28.1. The molecule has 0 spiro atoms. The van der Waals surface area contributed by atoms with E-state index < -0.39 is 5.41 Å². The van der Waals surface area contributed by atoms with Crippen molar-refractivity contribution >= 4 is 40.0 Å². The molecule has 2 heteroatoms. The van der Waals surface area contributed by atoms with Gasteiger partial charge in [-0.15, -0.1) is 0 Å². The number of para-hydroxylation sites is 2. The summed E-state index contributed by atoms with van der Waals surface area (Å²) in [4.78, 5) is 0. The Morgan fingerprint density at radius 3 is 1.67 bits per heavy atom. The van der Waals surface area contributed by atoms with Crippen LogP contribution in [0.4, 0.5) is 0 Å². The van der Waals surface area contributed by atoms with Crippen LogP contribution < -0.4 is 10.7 Å². The average Bonchev–Trinajstić information content (AvgIpc) is 3.83. The van der Waals surface area contributed by atoms with Gasteiger partial charge < -0.3 is 9.13 Å². The maximum atomic E-state index is 2.46. The maximum absolute atomic E-state index is 2.46. The first-order valence-electron chi connectivity index (χ1n) is 18.0. The van der Waals surface area contributed by atoms with Crippen molar-refractivity contribution in [1.29, 1.82) is 0 Å². The smallest absolute Gasteiger partial charge is 0.0713 e. The fourth-order valence-corrected chi connectivity index (χ4v) is 9.39. The first kappa shape index (κ1) is 28.5. The highest BCUT2D eigenvalue weighted by Gasteiger charge is 2.45. The molecule has 51 heavy (non-hydrogen) atoms. The predicted octanol–water partition coefficient (Wildman–Crippen LogP) is 10.0. The number of aromatic nitrogens is 2. The minimum atomic E-state index is -0.468. The molecule has 2 heterocycles. The van der Waals surface area contributed by atoms with E-state index in [1.54, 1.807) is 0 Å². The largest absolute Gasteiger partial charge is 0.310 e. The molecular formula is C49H34N2. The summed E-state index contributed by atoms with van der Waals surface area (Å²) in [6.45, 7) is 0. The molecule has 0 N–H and O–H groups in total. The average molecular weight is 651 g/mol. The number of hydrogen-bond acceptors (Lipinski definition) is 0. The van der Waals surface area contributed by atoms with Gasteiger partial charge >= 0.3 is 0 Å². The van der Waals surface area contributed by atoms with E-state index in [0.717, 1.165) is 12.8 Å². The Hall–Kier alpha value is -6.38. The minimum absolute atomic E-state index is 0.468. The molecule has 11 rings (SSSR count). The third-order valence-electron chi connectivity index (χ3n) is 11.5. The van der Waals surface area contributed by atoms with Gasteiger partial charge in [0.2, 0.25) is 0 Å². The van der Waals surface area contributed by atoms with Gasteiger partial charge in [0, 0.05) is 27.7 Å². The van der Waals surface area contributed by atoms with Crippen molar-refractivity contribution in [2.24, 2.45) is 0 Å². The molecule has 0 saturated carbocycles. The molecule has 6 aromatic carbocycles.